The molecule has 0 bridgehead atoms. The molecule has 0 aromatic heterocycles. The number of carboxylic acid groups (broad SMARTS) is 1. The Morgan fingerprint density at radius 3 is 2.56 bits per heavy atom. The molecular weight excluding hydrogens is 206 g/mol. The van der Waals surface area contributed by atoms with Crippen LogP contribution in [0.4, 0.5) is 0 Å². The molecule has 0 aliphatic carbocycles. The summed E-state index contributed by atoms with van der Waals surface area (Å²) in [5, 5.41) is 18.8. The van der Waals surface area contributed by atoms with Gasteiger partial charge in [0.2, 0.25) is 0 Å². The van der Waals surface area contributed by atoms with Crippen molar-refractivity contribution in [2.24, 2.45) is 11.8 Å². The van der Waals surface area contributed by atoms with E-state index < -0.39 is 12.0 Å². The fourth-order valence-corrected chi connectivity index (χ4v) is 2.39. The number of rotatable bonds is 4. The Bertz CT molecular complexity index is 242. The highest BCUT2D eigenvalue weighted by molar-refractivity contribution is 5.72. The second kappa shape index (κ2) is 5.64. The van der Waals surface area contributed by atoms with Gasteiger partial charge in [-0.15, -0.1) is 0 Å². The minimum absolute atomic E-state index is 0.218. The molecule has 0 aromatic rings. The SMILES string of the molecule is CC(C)CC1CN(C(C)C(=O)O)CCC1O. The molecule has 3 unspecified atom stereocenters. The van der Waals surface area contributed by atoms with E-state index in [1.807, 2.05) is 4.90 Å². The van der Waals surface area contributed by atoms with E-state index in [4.69, 9.17) is 5.11 Å². The van der Waals surface area contributed by atoms with Gasteiger partial charge in [-0.2, -0.15) is 0 Å². The third-order valence-electron chi connectivity index (χ3n) is 3.40. The summed E-state index contributed by atoms with van der Waals surface area (Å²) >= 11 is 0. The van der Waals surface area contributed by atoms with Gasteiger partial charge in [-0.1, -0.05) is 13.8 Å². The molecule has 1 saturated heterocycles. The molecule has 0 saturated carbocycles. The van der Waals surface area contributed by atoms with Crippen LogP contribution < -0.4 is 0 Å². The summed E-state index contributed by atoms with van der Waals surface area (Å²) in [4.78, 5) is 12.9. The second-order valence-corrected chi connectivity index (χ2v) is 5.25. The zero-order valence-electron chi connectivity index (χ0n) is 10.4. The van der Waals surface area contributed by atoms with E-state index in [0.29, 0.717) is 25.4 Å². The van der Waals surface area contributed by atoms with Gasteiger partial charge in [-0.3, -0.25) is 9.69 Å². The zero-order chi connectivity index (χ0) is 12.3. The van der Waals surface area contributed by atoms with Crippen LogP contribution in [0, 0.1) is 11.8 Å². The number of carbonyl (C=O) groups is 1. The van der Waals surface area contributed by atoms with Gasteiger partial charge in [0.1, 0.15) is 6.04 Å². The topological polar surface area (TPSA) is 60.8 Å². The standard InChI is InChI=1S/C12H23NO3/c1-8(2)6-10-7-13(5-4-11(10)14)9(3)12(15)16/h8-11,14H,4-7H2,1-3H3,(H,15,16). The molecule has 94 valence electrons. The van der Waals surface area contributed by atoms with Gasteiger partial charge >= 0.3 is 5.97 Å². The molecular formula is C12H23NO3. The van der Waals surface area contributed by atoms with Crippen molar-refractivity contribution in [2.75, 3.05) is 13.1 Å². The van der Waals surface area contributed by atoms with Crippen LogP contribution >= 0.6 is 0 Å². The van der Waals surface area contributed by atoms with E-state index in [0.717, 1.165) is 6.42 Å². The summed E-state index contributed by atoms with van der Waals surface area (Å²) in [6, 6.07) is -0.442. The molecule has 1 rings (SSSR count). The normalized spacial score (nSPS) is 29.3. The number of hydrogen-bond acceptors (Lipinski definition) is 3. The van der Waals surface area contributed by atoms with Crippen LogP contribution in [0.15, 0.2) is 0 Å². The van der Waals surface area contributed by atoms with Crippen LogP contribution in [0.25, 0.3) is 0 Å². The summed E-state index contributed by atoms with van der Waals surface area (Å²) in [5.41, 5.74) is 0. The largest absolute Gasteiger partial charge is 0.480 e. The number of hydrogen-bond donors (Lipinski definition) is 2. The number of nitrogens with zero attached hydrogens (tertiary/aromatic N) is 1. The van der Waals surface area contributed by atoms with Crippen LogP contribution in [0.3, 0.4) is 0 Å². The first-order chi connectivity index (χ1) is 7.41. The van der Waals surface area contributed by atoms with E-state index in [-0.39, 0.29) is 12.0 Å². The molecule has 0 aromatic carbocycles. The average molecular weight is 229 g/mol. The fourth-order valence-electron chi connectivity index (χ4n) is 2.39. The minimum atomic E-state index is -0.778. The van der Waals surface area contributed by atoms with Crippen LogP contribution in [-0.4, -0.2) is 46.3 Å². The van der Waals surface area contributed by atoms with Crippen LogP contribution in [0.1, 0.15) is 33.6 Å². The van der Waals surface area contributed by atoms with Crippen molar-refractivity contribution in [3.63, 3.8) is 0 Å². The van der Waals surface area contributed by atoms with Gasteiger partial charge < -0.3 is 10.2 Å². The molecule has 3 atom stereocenters. The quantitative estimate of drug-likeness (QED) is 0.760. The number of likely N-dealkylation sites (tertiary alicyclic amines) is 1. The first-order valence-electron chi connectivity index (χ1n) is 6.06. The second-order valence-electron chi connectivity index (χ2n) is 5.25. The van der Waals surface area contributed by atoms with Crippen molar-refractivity contribution < 1.29 is 15.0 Å². The Morgan fingerprint density at radius 1 is 1.44 bits per heavy atom. The molecule has 1 fully saturated rings. The van der Waals surface area contributed by atoms with Gasteiger partial charge in [-0.25, -0.2) is 0 Å². The highest BCUT2D eigenvalue weighted by Crippen LogP contribution is 2.24. The van der Waals surface area contributed by atoms with Gasteiger partial charge in [0.05, 0.1) is 6.10 Å². The summed E-state index contributed by atoms with van der Waals surface area (Å²) < 4.78 is 0. The summed E-state index contributed by atoms with van der Waals surface area (Å²) in [7, 11) is 0. The first-order valence-corrected chi connectivity index (χ1v) is 6.06. The van der Waals surface area contributed by atoms with E-state index in [1.165, 1.54) is 0 Å². The molecule has 1 heterocycles. The zero-order valence-corrected chi connectivity index (χ0v) is 10.4. The van der Waals surface area contributed by atoms with E-state index >= 15 is 0 Å². The molecule has 4 heteroatoms. The summed E-state index contributed by atoms with van der Waals surface area (Å²) in [6.07, 6.45) is 1.39. The molecule has 2 N–H and O–H groups in total. The van der Waals surface area contributed by atoms with Gasteiger partial charge in [0.25, 0.3) is 0 Å². The van der Waals surface area contributed by atoms with Gasteiger partial charge in [0.15, 0.2) is 0 Å². The lowest BCUT2D eigenvalue weighted by molar-refractivity contribution is -0.144. The smallest absolute Gasteiger partial charge is 0.320 e. The number of aliphatic hydroxyl groups excluding tert-OH is 1. The highest BCUT2D eigenvalue weighted by atomic mass is 16.4. The molecule has 1 aliphatic heterocycles. The van der Waals surface area contributed by atoms with E-state index in [9.17, 15) is 9.90 Å². The van der Waals surface area contributed by atoms with Crippen molar-refractivity contribution >= 4 is 5.97 Å². The van der Waals surface area contributed by atoms with Crippen molar-refractivity contribution in [1.29, 1.82) is 0 Å². The maximum Gasteiger partial charge on any atom is 0.320 e. The molecule has 0 radical (unpaired) electrons. The summed E-state index contributed by atoms with van der Waals surface area (Å²) in [5.74, 6) is -0.0185. The van der Waals surface area contributed by atoms with Crippen molar-refractivity contribution in [2.45, 2.75) is 45.8 Å². The monoisotopic (exact) mass is 229 g/mol. The van der Waals surface area contributed by atoms with Crippen LogP contribution in [0.2, 0.25) is 0 Å². The molecule has 16 heavy (non-hydrogen) atoms. The minimum Gasteiger partial charge on any atom is -0.480 e. The van der Waals surface area contributed by atoms with Crippen LogP contribution in [-0.2, 0) is 4.79 Å². The average Bonchev–Trinajstić information content (AvgIpc) is 2.19. The van der Waals surface area contributed by atoms with Gasteiger partial charge in [-0.05, 0) is 31.6 Å². The maximum absolute atomic E-state index is 10.9. The Hall–Kier alpha value is -0.610. The molecule has 1 aliphatic rings. The van der Waals surface area contributed by atoms with E-state index in [2.05, 4.69) is 13.8 Å². The third kappa shape index (κ3) is 3.46. The Balaban J connectivity index is 2.56. The van der Waals surface area contributed by atoms with Gasteiger partial charge in [0, 0.05) is 13.1 Å². The lowest BCUT2D eigenvalue weighted by atomic mass is 9.87. The van der Waals surface area contributed by atoms with Crippen molar-refractivity contribution in [3.8, 4) is 0 Å². The first kappa shape index (κ1) is 13.5. The van der Waals surface area contributed by atoms with Crippen molar-refractivity contribution in [3.05, 3.63) is 0 Å². The number of carboxylic acids is 1. The lowest BCUT2D eigenvalue weighted by Crippen LogP contribution is -2.49. The predicted octanol–water partition coefficient (Wildman–Crippen LogP) is 1.19. The Labute approximate surface area is 97.3 Å². The Morgan fingerprint density at radius 2 is 2.06 bits per heavy atom. The Kier molecular flexibility index (Phi) is 4.74. The predicted molar refractivity (Wildman–Crippen MR) is 62.2 cm³/mol. The summed E-state index contributed by atoms with van der Waals surface area (Å²) in [6.45, 7) is 7.36. The fraction of sp³-hybridized carbons (Fsp3) is 0.917. The highest BCUT2D eigenvalue weighted by Gasteiger charge is 2.32. The lowest BCUT2D eigenvalue weighted by Gasteiger charge is -2.38. The van der Waals surface area contributed by atoms with Crippen molar-refractivity contribution in [1.82, 2.24) is 4.90 Å². The maximum atomic E-state index is 10.9. The van der Waals surface area contributed by atoms with Crippen LogP contribution in [0.5, 0.6) is 0 Å². The molecule has 0 amide bonds. The third-order valence-corrected chi connectivity index (χ3v) is 3.40. The number of piperidine rings is 1. The molecule has 0 spiro atoms. The number of aliphatic hydroxyl groups is 1. The molecule has 4 nitrogen and oxygen atoms in total. The van der Waals surface area contributed by atoms with E-state index in [1.54, 1.807) is 6.92 Å². The number of aliphatic carboxylic acids is 1.